The molecule has 3 rings (SSSR count). The lowest BCUT2D eigenvalue weighted by atomic mass is 10.2. The van der Waals surface area contributed by atoms with E-state index >= 15 is 0 Å². The number of hydrogen-bond donors (Lipinski definition) is 1. The van der Waals surface area contributed by atoms with Gasteiger partial charge in [0, 0.05) is 58.1 Å². The average molecular weight is 459 g/mol. The van der Waals surface area contributed by atoms with E-state index in [2.05, 4.69) is 16.3 Å². The molecular weight excluding hydrogens is 428 g/mol. The van der Waals surface area contributed by atoms with Crippen molar-refractivity contribution in [3.63, 3.8) is 0 Å². The van der Waals surface area contributed by atoms with Crippen LogP contribution in [0.5, 0.6) is 0 Å². The first-order chi connectivity index (χ1) is 15.1. The van der Waals surface area contributed by atoms with Gasteiger partial charge < -0.3 is 15.1 Å². The Morgan fingerprint density at radius 3 is 2.38 bits per heavy atom. The Morgan fingerprint density at radius 1 is 1.03 bits per heavy atom. The van der Waals surface area contributed by atoms with Crippen LogP contribution in [0.25, 0.3) is 0 Å². The highest BCUT2D eigenvalue weighted by atomic mass is 32.2. The maximum absolute atomic E-state index is 12.8. The molecule has 1 aliphatic heterocycles. The van der Waals surface area contributed by atoms with Crippen molar-refractivity contribution in [2.45, 2.75) is 20.4 Å². The topological polar surface area (TPSA) is 90.0 Å². The molecule has 1 saturated heterocycles. The zero-order valence-corrected chi connectivity index (χ0v) is 19.6. The Kier molecular flexibility index (Phi) is 7.52. The fraction of sp³-hybridized carbons (Fsp3) is 0.391. The molecule has 1 aliphatic rings. The Balaban J connectivity index is 1.55. The molecule has 0 aliphatic carbocycles. The predicted octanol–water partition coefficient (Wildman–Crippen LogP) is 2.06. The summed E-state index contributed by atoms with van der Waals surface area (Å²) in [4.78, 5) is 27.6. The molecule has 1 heterocycles. The molecule has 1 fully saturated rings. The summed E-state index contributed by atoms with van der Waals surface area (Å²) in [5.41, 5.74) is 3.58. The van der Waals surface area contributed by atoms with E-state index in [-0.39, 0.29) is 5.91 Å². The SMILES string of the molecule is CC(=O)N(C)Cc1cccc(NC(=O)CS(=O)(=O)N2CCN(c3cccc(C)c3)CC2)c1. The maximum atomic E-state index is 12.8. The molecule has 8 nitrogen and oxygen atoms in total. The van der Waals surface area contributed by atoms with Crippen LogP contribution in [0.15, 0.2) is 48.5 Å². The zero-order valence-electron chi connectivity index (χ0n) is 18.7. The third-order valence-corrected chi connectivity index (χ3v) is 7.26. The van der Waals surface area contributed by atoms with Crippen molar-refractivity contribution in [3.05, 3.63) is 59.7 Å². The Hall–Kier alpha value is -2.91. The number of aryl methyl sites for hydroxylation is 1. The highest BCUT2D eigenvalue weighted by Crippen LogP contribution is 2.19. The van der Waals surface area contributed by atoms with Crippen LogP contribution >= 0.6 is 0 Å². The number of benzene rings is 2. The van der Waals surface area contributed by atoms with E-state index in [0.717, 1.165) is 16.8 Å². The Morgan fingerprint density at radius 2 is 1.72 bits per heavy atom. The minimum atomic E-state index is -3.72. The average Bonchev–Trinajstić information content (AvgIpc) is 2.73. The van der Waals surface area contributed by atoms with Gasteiger partial charge in [0.05, 0.1) is 0 Å². The molecular formula is C23H30N4O4S. The van der Waals surface area contributed by atoms with Gasteiger partial charge in [0.15, 0.2) is 0 Å². The number of nitrogens with zero attached hydrogens (tertiary/aromatic N) is 3. The van der Waals surface area contributed by atoms with Gasteiger partial charge in [-0.25, -0.2) is 8.42 Å². The van der Waals surface area contributed by atoms with Gasteiger partial charge in [-0.2, -0.15) is 4.31 Å². The molecule has 0 spiro atoms. The molecule has 9 heteroatoms. The summed E-state index contributed by atoms with van der Waals surface area (Å²) in [5.74, 6) is -1.24. The quantitative estimate of drug-likeness (QED) is 0.686. The van der Waals surface area contributed by atoms with Crippen molar-refractivity contribution < 1.29 is 18.0 Å². The Bertz CT molecular complexity index is 1080. The van der Waals surface area contributed by atoms with E-state index < -0.39 is 21.7 Å². The van der Waals surface area contributed by atoms with E-state index in [1.54, 1.807) is 30.1 Å². The van der Waals surface area contributed by atoms with Crippen LogP contribution in [0.1, 0.15) is 18.1 Å². The molecule has 2 aromatic rings. The van der Waals surface area contributed by atoms with Crippen LogP contribution in [0, 0.1) is 6.92 Å². The number of amides is 2. The summed E-state index contributed by atoms with van der Waals surface area (Å²) in [5, 5.41) is 2.66. The van der Waals surface area contributed by atoms with Crippen molar-refractivity contribution in [1.29, 1.82) is 0 Å². The smallest absolute Gasteiger partial charge is 0.241 e. The molecule has 2 amide bonds. The maximum Gasteiger partial charge on any atom is 0.241 e. The molecule has 0 radical (unpaired) electrons. The van der Waals surface area contributed by atoms with Gasteiger partial charge in [-0.15, -0.1) is 0 Å². The first-order valence-electron chi connectivity index (χ1n) is 10.5. The number of carbonyl (C=O) groups is 2. The van der Waals surface area contributed by atoms with Gasteiger partial charge in [-0.1, -0.05) is 24.3 Å². The molecule has 0 bridgehead atoms. The van der Waals surface area contributed by atoms with Crippen molar-refractivity contribution in [3.8, 4) is 0 Å². The minimum absolute atomic E-state index is 0.0620. The van der Waals surface area contributed by atoms with Crippen molar-refractivity contribution in [2.75, 3.05) is 49.2 Å². The fourth-order valence-corrected chi connectivity index (χ4v) is 4.94. The highest BCUT2D eigenvalue weighted by molar-refractivity contribution is 7.89. The second-order valence-corrected chi connectivity index (χ2v) is 10.1. The van der Waals surface area contributed by atoms with Crippen LogP contribution < -0.4 is 10.2 Å². The van der Waals surface area contributed by atoms with Crippen LogP contribution in [-0.4, -0.2) is 68.4 Å². The summed E-state index contributed by atoms with van der Waals surface area (Å²) in [7, 11) is -2.02. The largest absolute Gasteiger partial charge is 0.369 e. The van der Waals surface area contributed by atoms with Crippen LogP contribution in [0.2, 0.25) is 0 Å². The third kappa shape index (κ3) is 6.30. The molecule has 0 atom stereocenters. The lowest BCUT2D eigenvalue weighted by molar-refractivity contribution is -0.128. The van der Waals surface area contributed by atoms with Gasteiger partial charge in [-0.05, 0) is 42.3 Å². The van der Waals surface area contributed by atoms with Crippen LogP contribution in [0.4, 0.5) is 11.4 Å². The summed E-state index contributed by atoms with van der Waals surface area (Å²) in [6.07, 6.45) is 0. The number of hydrogen-bond acceptors (Lipinski definition) is 5. The van der Waals surface area contributed by atoms with E-state index in [1.165, 1.54) is 11.2 Å². The molecule has 172 valence electrons. The first kappa shape index (κ1) is 23.7. The molecule has 32 heavy (non-hydrogen) atoms. The second-order valence-electron chi connectivity index (χ2n) is 8.10. The van der Waals surface area contributed by atoms with Crippen LogP contribution in [0.3, 0.4) is 0 Å². The molecule has 1 N–H and O–H groups in total. The zero-order chi connectivity index (χ0) is 23.3. The standard InChI is InChI=1S/C23H30N4O4S/c1-18-6-4-9-22(14-18)26-10-12-27(13-11-26)32(30,31)17-23(29)24-21-8-5-7-20(15-21)16-25(3)19(2)28/h4-9,14-15H,10-13,16-17H2,1-3H3,(H,24,29). The van der Waals surface area contributed by atoms with E-state index in [1.807, 2.05) is 31.2 Å². The number of carbonyl (C=O) groups excluding carboxylic acids is 2. The second kappa shape index (κ2) is 10.1. The lowest BCUT2D eigenvalue weighted by Crippen LogP contribution is -2.50. The van der Waals surface area contributed by atoms with Crippen molar-refractivity contribution in [2.24, 2.45) is 0 Å². The van der Waals surface area contributed by atoms with Gasteiger partial charge in [-0.3, -0.25) is 9.59 Å². The van der Waals surface area contributed by atoms with Crippen molar-refractivity contribution in [1.82, 2.24) is 9.21 Å². The number of piperazine rings is 1. The summed E-state index contributed by atoms with van der Waals surface area (Å²) < 4.78 is 26.9. The monoisotopic (exact) mass is 458 g/mol. The van der Waals surface area contributed by atoms with Gasteiger partial charge in [0.25, 0.3) is 0 Å². The highest BCUT2D eigenvalue weighted by Gasteiger charge is 2.29. The number of nitrogens with one attached hydrogen (secondary N) is 1. The van der Waals surface area contributed by atoms with Gasteiger partial charge >= 0.3 is 0 Å². The fourth-order valence-electron chi connectivity index (χ4n) is 3.64. The third-order valence-electron chi connectivity index (χ3n) is 5.48. The summed E-state index contributed by atoms with van der Waals surface area (Å²) >= 11 is 0. The predicted molar refractivity (Wildman–Crippen MR) is 126 cm³/mol. The lowest BCUT2D eigenvalue weighted by Gasteiger charge is -2.35. The summed E-state index contributed by atoms with van der Waals surface area (Å²) in [6.45, 7) is 5.76. The van der Waals surface area contributed by atoms with E-state index in [4.69, 9.17) is 0 Å². The first-order valence-corrected chi connectivity index (χ1v) is 12.1. The number of anilines is 2. The Labute approximate surface area is 189 Å². The van der Waals surface area contributed by atoms with E-state index in [9.17, 15) is 18.0 Å². The number of rotatable bonds is 7. The molecule has 0 unspecified atom stereocenters. The van der Waals surface area contributed by atoms with Crippen molar-refractivity contribution >= 4 is 33.2 Å². The van der Waals surface area contributed by atoms with Crippen LogP contribution in [-0.2, 0) is 26.2 Å². The minimum Gasteiger partial charge on any atom is -0.369 e. The summed E-state index contributed by atoms with van der Waals surface area (Å²) in [6, 6.07) is 15.2. The molecule has 2 aromatic carbocycles. The molecule has 0 saturated carbocycles. The molecule has 0 aromatic heterocycles. The van der Waals surface area contributed by atoms with E-state index in [0.29, 0.717) is 38.4 Å². The normalized spacial score (nSPS) is 14.8. The van der Waals surface area contributed by atoms with Gasteiger partial charge in [0.1, 0.15) is 5.75 Å². The van der Waals surface area contributed by atoms with Gasteiger partial charge in [0.2, 0.25) is 21.8 Å². The number of sulfonamides is 1.